The van der Waals surface area contributed by atoms with Crippen LogP contribution in [0, 0.1) is 0 Å². The molecule has 1 unspecified atom stereocenters. The summed E-state index contributed by atoms with van der Waals surface area (Å²) in [7, 11) is 1.46. The van der Waals surface area contributed by atoms with Crippen LogP contribution in [0.25, 0.3) is 0 Å². The second kappa shape index (κ2) is 11.7. The second-order valence-electron chi connectivity index (χ2n) is 9.19. The molecule has 1 atom stereocenters. The molecular formula is C29H27Cl3N2O4. The third-order valence-electron chi connectivity index (χ3n) is 6.46. The van der Waals surface area contributed by atoms with E-state index in [1.165, 1.54) is 13.2 Å². The fraction of sp³-hybridized carbons (Fsp3) is 0.241. The first-order valence-corrected chi connectivity index (χ1v) is 13.1. The lowest BCUT2D eigenvalue weighted by Gasteiger charge is -2.30. The van der Waals surface area contributed by atoms with Gasteiger partial charge >= 0.3 is 0 Å². The summed E-state index contributed by atoms with van der Waals surface area (Å²) in [5, 5.41) is 13.4. The normalized spacial score (nSPS) is 17.0. The number of hydrogen-bond donors (Lipinski definition) is 2. The number of rotatable bonds is 8. The second-order valence-corrected chi connectivity index (χ2v) is 11.5. The molecule has 0 saturated carbocycles. The van der Waals surface area contributed by atoms with Gasteiger partial charge in [-0.3, -0.25) is 9.59 Å². The first-order chi connectivity index (χ1) is 18.1. The lowest BCUT2D eigenvalue weighted by molar-refractivity contribution is -0.121. The SMILES string of the molecule is COc1ccc(N(CC2=CC(Cc3ccccc3)(NC(=O)C(Cl)(Cl)Cl)CC2)C(=O)c2ccccc2)cc1O. The van der Waals surface area contributed by atoms with E-state index in [0.717, 1.165) is 11.1 Å². The van der Waals surface area contributed by atoms with E-state index < -0.39 is 15.2 Å². The number of aromatic hydroxyl groups is 1. The minimum absolute atomic E-state index is 0.0790. The Morgan fingerprint density at radius 2 is 1.68 bits per heavy atom. The van der Waals surface area contributed by atoms with Crippen LogP contribution < -0.4 is 15.0 Å². The van der Waals surface area contributed by atoms with E-state index in [1.807, 2.05) is 42.5 Å². The van der Waals surface area contributed by atoms with Crippen molar-refractivity contribution in [2.75, 3.05) is 18.6 Å². The fourth-order valence-electron chi connectivity index (χ4n) is 4.65. The number of hydrogen-bond acceptors (Lipinski definition) is 4. The largest absolute Gasteiger partial charge is 0.504 e. The summed E-state index contributed by atoms with van der Waals surface area (Å²) in [5.74, 6) is -0.725. The van der Waals surface area contributed by atoms with E-state index in [2.05, 4.69) is 5.32 Å². The number of phenolic OH excluding ortho intramolecular Hbond substituents is 1. The number of phenols is 1. The highest BCUT2D eigenvalue weighted by atomic mass is 35.6. The number of carbonyl (C=O) groups excluding carboxylic acids is 2. The number of methoxy groups -OCH3 is 1. The Morgan fingerprint density at radius 1 is 1.03 bits per heavy atom. The van der Waals surface area contributed by atoms with E-state index >= 15 is 0 Å². The van der Waals surface area contributed by atoms with Crippen LogP contribution in [0.5, 0.6) is 11.5 Å². The van der Waals surface area contributed by atoms with Gasteiger partial charge in [0.05, 0.1) is 12.6 Å². The Balaban J connectivity index is 1.69. The highest BCUT2D eigenvalue weighted by Crippen LogP contribution is 2.37. The molecule has 2 amide bonds. The fourth-order valence-corrected chi connectivity index (χ4v) is 4.79. The van der Waals surface area contributed by atoms with Crippen LogP contribution in [0.3, 0.4) is 0 Å². The van der Waals surface area contributed by atoms with E-state index in [1.54, 1.807) is 41.3 Å². The average molecular weight is 574 g/mol. The highest BCUT2D eigenvalue weighted by molar-refractivity contribution is 6.76. The molecule has 1 aliphatic rings. The molecule has 3 aromatic carbocycles. The molecule has 2 N–H and O–H groups in total. The molecular weight excluding hydrogens is 547 g/mol. The van der Waals surface area contributed by atoms with Crippen molar-refractivity contribution in [1.29, 1.82) is 0 Å². The molecule has 0 heterocycles. The van der Waals surface area contributed by atoms with Crippen LogP contribution >= 0.6 is 34.8 Å². The molecule has 0 fully saturated rings. The van der Waals surface area contributed by atoms with Crippen LogP contribution in [-0.4, -0.2) is 39.9 Å². The van der Waals surface area contributed by atoms with Gasteiger partial charge in [-0.05, 0) is 49.1 Å². The third-order valence-corrected chi connectivity index (χ3v) is 6.97. The Kier molecular flexibility index (Phi) is 8.56. The summed E-state index contributed by atoms with van der Waals surface area (Å²) < 4.78 is 3.05. The lowest BCUT2D eigenvalue weighted by Crippen LogP contribution is -2.51. The number of ether oxygens (including phenoxy) is 1. The molecule has 4 rings (SSSR count). The van der Waals surface area contributed by atoms with Crippen molar-refractivity contribution in [3.8, 4) is 11.5 Å². The van der Waals surface area contributed by atoms with E-state index in [9.17, 15) is 14.7 Å². The number of carbonyl (C=O) groups is 2. The van der Waals surface area contributed by atoms with E-state index in [0.29, 0.717) is 36.3 Å². The predicted molar refractivity (Wildman–Crippen MR) is 151 cm³/mol. The van der Waals surface area contributed by atoms with Gasteiger partial charge in [-0.1, -0.05) is 95.0 Å². The molecule has 3 aromatic rings. The molecule has 198 valence electrons. The highest BCUT2D eigenvalue weighted by Gasteiger charge is 2.41. The summed E-state index contributed by atoms with van der Waals surface area (Å²) in [5.41, 5.74) is 2.13. The van der Waals surface area contributed by atoms with Crippen LogP contribution in [0.1, 0.15) is 28.8 Å². The molecule has 0 aromatic heterocycles. The Hall–Kier alpha value is -3.19. The predicted octanol–water partition coefficient (Wildman–Crippen LogP) is 6.24. The zero-order valence-electron chi connectivity index (χ0n) is 20.7. The first-order valence-electron chi connectivity index (χ1n) is 12.0. The number of nitrogens with zero attached hydrogens (tertiary/aromatic N) is 1. The number of benzene rings is 3. The number of amides is 2. The number of anilines is 1. The molecule has 6 nitrogen and oxygen atoms in total. The summed E-state index contributed by atoms with van der Waals surface area (Å²) in [6.45, 7) is 0.236. The van der Waals surface area contributed by atoms with Crippen molar-refractivity contribution < 1.29 is 19.4 Å². The Morgan fingerprint density at radius 3 is 2.29 bits per heavy atom. The van der Waals surface area contributed by atoms with Crippen LogP contribution in [-0.2, 0) is 11.2 Å². The third kappa shape index (κ3) is 6.62. The van der Waals surface area contributed by atoms with Gasteiger partial charge in [-0.15, -0.1) is 0 Å². The summed E-state index contributed by atoms with van der Waals surface area (Å²) in [6, 6.07) is 23.5. The van der Waals surface area contributed by atoms with Crippen molar-refractivity contribution in [2.24, 2.45) is 0 Å². The molecule has 0 radical (unpaired) electrons. The molecule has 0 bridgehead atoms. The van der Waals surface area contributed by atoms with Gasteiger partial charge in [0, 0.05) is 23.9 Å². The number of nitrogens with one attached hydrogen (secondary N) is 1. The van der Waals surface area contributed by atoms with Gasteiger partial charge in [-0.2, -0.15) is 0 Å². The Bertz CT molecular complexity index is 1330. The number of alkyl halides is 3. The molecule has 9 heteroatoms. The lowest BCUT2D eigenvalue weighted by atomic mass is 9.90. The first kappa shape index (κ1) is 27.8. The molecule has 0 saturated heterocycles. The molecule has 38 heavy (non-hydrogen) atoms. The minimum Gasteiger partial charge on any atom is -0.504 e. The van der Waals surface area contributed by atoms with Gasteiger partial charge in [-0.25, -0.2) is 0 Å². The summed E-state index contributed by atoms with van der Waals surface area (Å²) in [6.07, 6.45) is 3.61. The topological polar surface area (TPSA) is 78.9 Å². The van der Waals surface area contributed by atoms with Gasteiger partial charge in [0.25, 0.3) is 15.6 Å². The van der Waals surface area contributed by atoms with Crippen LogP contribution in [0.4, 0.5) is 5.69 Å². The van der Waals surface area contributed by atoms with Crippen molar-refractivity contribution in [3.63, 3.8) is 0 Å². The van der Waals surface area contributed by atoms with Crippen molar-refractivity contribution >= 4 is 52.3 Å². The van der Waals surface area contributed by atoms with Crippen LogP contribution in [0.2, 0.25) is 0 Å². The van der Waals surface area contributed by atoms with Crippen molar-refractivity contribution in [1.82, 2.24) is 5.32 Å². The standard InChI is InChI=1S/C29H27Cl3N2O4/c1-38-25-13-12-23(16-24(25)35)34(26(36)22-10-6-3-7-11-22)19-21-14-15-28(18-21,33-27(37)29(30,31)32)17-20-8-4-2-5-9-20/h2-13,16,18,35H,14-15,17,19H2,1H3,(H,33,37). The monoisotopic (exact) mass is 572 g/mol. The maximum absolute atomic E-state index is 13.6. The summed E-state index contributed by atoms with van der Waals surface area (Å²) in [4.78, 5) is 27.9. The quantitative estimate of drug-likeness (QED) is 0.247. The maximum atomic E-state index is 13.6. The van der Waals surface area contributed by atoms with Gasteiger partial charge < -0.3 is 20.1 Å². The molecule has 1 aliphatic carbocycles. The zero-order chi connectivity index (χ0) is 27.3. The Labute approximate surface area is 236 Å². The van der Waals surface area contributed by atoms with Crippen LogP contribution in [0.15, 0.2) is 90.5 Å². The van der Waals surface area contributed by atoms with Crippen molar-refractivity contribution in [2.45, 2.75) is 28.6 Å². The summed E-state index contributed by atoms with van der Waals surface area (Å²) >= 11 is 17.7. The van der Waals surface area contributed by atoms with Gasteiger partial charge in [0.1, 0.15) is 0 Å². The maximum Gasteiger partial charge on any atom is 0.272 e. The average Bonchev–Trinajstić information content (AvgIpc) is 3.29. The van der Waals surface area contributed by atoms with Crippen molar-refractivity contribution in [3.05, 3.63) is 102 Å². The minimum atomic E-state index is -2.11. The smallest absolute Gasteiger partial charge is 0.272 e. The van der Waals surface area contributed by atoms with Gasteiger partial charge in [0.15, 0.2) is 11.5 Å². The van der Waals surface area contributed by atoms with E-state index in [-0.39, 0.29) is 18.2 Å². The zero-order valence-corrected chi connectivity index (χ0v) is 22.9. The van der Waals surface area contributed by atoms with Gasteiger partial charge in [0.2, 0.25) is 0 Å². The molecule has 0 spiro atoms. The van der Waals surface area contributed by atoms with E-state index in [4.69, 9.17) is 39.5 Å². The molecule has 0 aliphatic heterocycles. The number of halogens is 3.